The van der Waals surface area contributed by atoms with Gasteiger partial charge >= 0.3 is 0 Å². The Morgan fingerprint density at radius 2 is 1.86 bits per heavy atom. The van der Waals surface area contributed by atoms with Gasteiger partial charge in [-0.2, -0.15) is 0 Å². The van der Waals surface area contributed by atoms with Gasteiger partial charge in [0, 0.05) is 30.6 Å². The van der Waals surface area contributed by atoms with Gasteiger partial charge in [0.15, 0.2) is 5.82 Å². The molecular weight excluding hydrogens is 262 g/mol. The number of aromatic nitrogens is 2. The van der Waals surface area contributed by atoms with Crippen molar-refractivity contribution in [2.75, 3.05) is 14.2 Å². The third kappa shape index (κ3) is 3.27. The highest BCUT2D eigenvalue weighted by molar-refractivity contribution is 5.22. The Morgan fingerprint density at radius 3 is 2.33 bits per heavy atom. The van der Waals surface area contributed by atoms with Crippen LogP contribution in [0.1, 0.15) is 69.6 Å². The minimum atomic E-state index is -0.304. The number of aryl methyl sites for hydroxylation is 1. The predicted molar refractivity (Wildman–Crippen MR) is 85.2 cm³/mol. The van der Waals surface area contributed by atoms with Crippen molar-refractivity contribution in [2.24, 2.45) is 5.41 Å². The van der Waals surface area contributed by atoms with Gasteiger partial charge in [-0.3, -0.25) is 0 Å². The maximum atomic E-state index is 5.90. The SMILES string of the molecule is CNC(C)c1cnc(C2(OC)CCC(C)(C)CC2)nc1C. The van der Waals surface area contributed by atoms with E-state index in [1.165, 1.54) is 0 Å². The first-order valence-electron chi connectivity index (χ1n) is 7.90. The Labute approximate surface area is 128 Å². The topological polar surface area (TPSA) is 47.0 Å². The average molecular weight is 291 g/mol. The lowest BCUT2D eigenvalue weighted by atomic mass is 9.70. The number of methoxy groups -OCH3 is 1. The second-order valence-electron chi connectivity index (χ2n) is 7.11. The van der Waals surface area contributed by atoms with E-state index < -0.39 is 0 Å². The van der Waals surface area contributed by atoms with Gasteiger partial charge in [0.05, 0.1) is 0 Å². The number of ether oxygens (including phenoxy) is 1. The smallest absolute Gasteiger partial charge is 0.160 e. The molecule has 1 aliphatic carbocycles. The molecule has 1 saturated carbocycles. The molecule has 0 radical (unpaired) electrons. The fourth-order valence-corrected chi connectivity index (χ4v) is 3.13. The lowest BCUT2D eigenvalue weighted by Gasteiger charge is -2.41. The number of nitrogens with one attached hydrogen (secondary N) is 1. The third-order valence-corrected chi connectivity index (χ3v) is 5.13. The van der Waals surface area contributed by atoms with Crippen LogP contribution in [0.15, 0.2) is 6.20 Å². The monoisotopic (exact) mass is 291 g/mol. The Bertz CT molecular complexity index is 489. The highest BCUT2D eigenvalue weighted by atomic mass is 16.5. The summed E-state index contributed by atoms with van der Waals surface area (Å²) in [5.41, 5.74) is 2.30. The fourth-order valence-electron chi connectivity index (χ4n) is 3.13. The largest absolute Gasteiger partial charge is 0.370 e. The number of hydrogen-bond donors (Lipinski definition) is 1. The molecule has 1 aromatic rings. The van der Waals surface area contributed by atoms with Gasteiger partial charge in [0.1, 0.15) is 5.60 Å². The quantitative estimate of drug-likeness (QED) is 0.922. The first kappa shape index (κ1) is 16.4. The summed E-state index contributed by atoms with van der Waals surface area (Å²) >= 11 is 0. The normalized spacial score (nSPS) is 22.0. The van der Waals surface area contributed by atoms with E-state index in [0.717, 1.165) is 42.8 Å². The van der Waals surface area contributed by atoms with E-state index >= 15 is 0 Å². The zero-order valence-corrected chi connectivity index (χ0v) is 14.3. The molecule has 2 rings (SSSR count). The summed E-state index contributed by atoms with van der Waals surface area (Å²) in [6, 6.07) is 0.267. The zero-order valence-electron chi connectivity index (χ0n) is 14.3. The van der Waals surface area contributed by atoms with Gasteiger partial charge in [-0.15, -0.1) is 0 Å². The van der Waals surface area contributed by atoms with Gasteiger partial charge in [0.25, 0.3) is 0 Å². The van der Waals surface area contributed by atoms with Crippen molar-refractivity contribution in [1.82, 2.24) is 15.3 Å². The number of rotatable bonds is 4. The molecule has 0 aliphatic heterocycles. The van der Waals surface area contributed by atoms with E-state index in [0.29, 0.717) is 5.41 Å². The molecule has 1 aromatic heterocycles. The highest BCUT2D eigenvalue weighted by Gasteiger charge is 2.42. The third-order valence-electron chi connectivity index (χ3n) is 5.13. The molecule has 1 N–H and O–H groups in total. The van der Waals surface area contributed by atoms with Crippen molar-refractivity contribution in [3.05, 3.63) is 23.3 Å². The molecule has 1 heterocycles. The first-order chi connectivity index (χ1) is 9.83. The van der Waals surface area contributed by atoms with Gasteiger partial charge in [-0.1, -0.05) is 13.8 Å². The number of hydrogen-bond acceptors (Lipinski definition) is 4. The summed E-state index contributed by atoms with van der Waals surface area (Å²) < 4.78 is 5.90. The maximum absolute atomic E-state index is 5.90. The predicted octanol–water partition coefficient (Wildman–Crippen LogP) is 3.51. The molecule has 1 unspecified atom stereocenters. The standard InChI is InChI=1S/C17H29N3O/c1-12(18-5)14-11-19-15(20-13(14)2)17(21-6)9-7-16(3,4)8-10-17/h11-12,18H,7-10H2,1-6H3. The van der Waals surface area contributed by atoms with Crippen molar-refractivity contribution in [1.29, 1.82) is 0 Å². The summed E-state index contributed by atoms with van der Waals surface area (Å²) in [5.74, 6) is 0.852. The van der Waals surface area contributed by atoms with Crippen molar-refractivity contribution < 1.29 is 4.74 Å². The summed E-state index contributed by atoms with van der Waals surface area (Å²) in [6.45, 7) is 8.85. The van der Waals surface area contributed by atoms with Crippen molar-refractivity contribution in [3.8, 4) is 0 Å². The maximum Gasteiger partial charge on any atom is 0.160 e. The molecule has 0 bridgehead atoms. The van der Waals surface area contributed by atoms with E-state index in [1.54, 1.807) is 7.11 Å². The van der Waals surface area contributed by atoms with Gasteiger partial charge in [-0.05, 0) is 52.0 Å². The molecule has 4 heteroatoms. The van der Waals surface area contributed by atoms with Gasteiger partial charge in [-0.25, -0.2) is 9.97 Å². The van der Waals surface area contributed by atoms with Crippen LogP contribution in [0.4, 0.5) is 0 Å². The van der Waals surface area contributed by atoms with Crippen molar-refractivity contribution >= 4 is 0 Å². The fraction of sp³-hybridized carbons (Fsp3) is 0.765. The Hall–Kier alpha value is -1.00. The van der Waals surface area contributed by atoms with Crippen LogP contribution in [0.25, 0.3) is 0 Å². The van der Waals surface area contributed by atoms with E-state index in [9.17, 15) is 0 Å². The zero-order chi connectivity index (χ0) is 15.7. The molecule has 1 fully saturated rings. The van der Waals surface area contributed by atoms with Crippen LogP contribution >= 0.6 is 0 Å². The van der Waals surface area contributed by atoms with Gasteiger partial charge in [0.2, 0.25) is 0 Å². The molecule has 0 aromatic carbocycles. The van der Waals surface area contributed by atoms with Crippen LogP contribution in [0.2, 0.25) is 0 Å². The van der Waals surface area contributed by atoms with Crippen molar-refractivity contribution in [3.63, 3.8) is 0 Å². The average Bonchev–Trinajstić information content (AvgIpc) is 2.47. The molecule has 21 heavy (non-hydrogen) atoms. The van der Waals surface area contributed by atoms with Crippen LogP contribution in [0.5, 0.6) is 0 Å². The summed E-state index contributed by atoms with van der Waals surface area (Å²) in [5, 5.41) is 3.24. The Kier molecular flexibility index (Phi) is 4.69. The van der Waals surface area contributed by atoms with Crippen LogP contribution in [0, 0.1) is 12.3 Å². The summed E-state index contributed by atoms with van der Waals surface area (Å²) in [7, 11) is 3.75. The first-order valence-corrected chi connectivity index (χ1v) is 7.90. The van der Waals surface area contributed by atoms with Crippen LogP contribution in [0.3, 0.4) is 0 Å². The van der Waals surface area contributed by atoms with Crippen LogP contribution in [-0.4, -0.2) is 24.1 Å². The van der Waals surface area contributed by atoms with E-state index in [-0.39, 0.29) is 11.6 Å². The van der Waals surface area contributed by atoms with E-state index in [2.05, 4.69) is 38.0 Å². The van der Waals surface area contributed by atoms with Crippen molar-refractivity contribution in [2.45, 2.75) is 65.0 Å². The molecular formula is C17H29N3O. The highest BCUT2D eigenvalue weighted by Crippen LogP contribution is 2.46. The Balaban J connectivity index is 2.30. The second kappa shape index (κ2) is 6.01. The Morgan fingerprint density at radius 1 is 1.24 bits per heavy atom. The second-order valence-corrected chi connectivity index (χ2v) is 7.11. The lowest BCUT2D eigenvalue weighted by Crippen LogP contribution is -2.38. The minimum absolute atomic E-state index is 0.267. The van der Waals surface area contributed by atoms with Gasteiger partial charge < -0.3 is 10.1 Å². The molecule has 0 amide bonds. The van der Waals surface area contributed by atoms with E-state index in [1.807, 2.05) is 13.2 Å². The summed E-state index contributed by atoms with van der Waals surface area (Å²) in [6.07, 6.45) is 6.25. The van der Waals surface area contributed by atoms with E-state index in [4.69, 9.17) is 9.72 Å². The molecule has 0 saturated heterocycles. The molecule has 4 nitrogen and oxygen atoms in total. The number of nitrogens with zero attached hydrogens (tertiary/aromatic N) is 2. The molecule has 1 aliphatic rings. The lowest BCUT2D eigenvalue weighted by molar-refractivity contribution is -0.0730. The van der Waals surface area contributed by atoms with Crippen LogP contribution in [-0.2, 0) is 10.3 Å². The molecule has 0 spiro atoms. The minimum Gasteiger partial charge on any atom is -0.370 e. The van der Waals surface area contributed by atoms with Crippen LogP contribution < -0.4 is 5.32 Å². The summed E-state index contributed by atoms with van der Waals surface area (Å²) in [4.78, 5) is 9.43. The molecule has 1 atom stereocenters. The molecule has 118 valence electrons.